The van der Waals surface area contributed by atoms with Gasteiger partial charge in [-0.3, -0.25) is 27.7 Å². The van der Waals surface area contributed by atoms with E-state index in [4.69, 9.17) is 18.5 Å². The van der Waals surface area contributed by atoms with Crippen LogP contribution in [-0.4, -0.2) is 108 Å². The molecule has 1 aliphatic rings. The van der Waals surface area contributed by atoms with E-state index < -0.39 is 91.3 Å². The summed E-state index contributed by atoms with van der Waals surface area (Å²) in [6, 6.07) is 0. The molecule has 0 aromatic rings. The molecule has 404 valence electrons. The molecule has 0 spiro atoms. The SMILES string of the molecule is CCCCCC=CCC=CCC=CCCCCCCCCC(=O)O[C@H](COC(=O)CCCCCCCCCCCCCCC)COP(=O)(O)O[C@H]1C(O)C(O)C(OP(=O)(O)O)[C@@H](OP(=O)(O)O)C1O. The van der Waals surface area contributed by atoms with E-state index in [1.54, 1.807) is 0 Å². The molecule has 5 unspecified atom stereocenters. The van der Waals surface area contributed by atoms with Gasteiger partial charge in [0.1, 0.15) is 43.2 Å². The number of allylic oxidation sites excluding steroid dienone is 6. The van der Waals surface area contributed by atoms with Gasteiger partial charge in [-0.05, 0) is 51.4 Å². The summed E-state index contributed by atoms with van der Waals surface area (Å²) in [5.41, 5.74) is 0. The quantitative estimate of drug-likeness (QED) is 0.0122. The van der Waals surface area contributed by atoms with Crippen molar-refractivity contribution in [2.24, 2.45) is 0 Å². The first kappa shape index (κ1) is 65.4. The minimum absolute atomic E-state index is 0.0151. The third-order valence-electron chi connectivity index (χ3n) is 11.4. The third kappa shape index (κ3) is 35.2. The number of unbranched alkanes of at least 4 members (excludes halogenated alkanes) is 21. The first-order valence-corrected chi connectivity index (χ1v) is 29.8. The van der Waals surface area contributed by atoms with E-state index in [0.717, 1.165) is 83.5 Å². The lowest BCUT2D eigenvalue weighted by atomic mass is 9.85. The molecular weight excluding hydrogens is 961 g/mol. The molecule has 1 saturated carbocycles. The largest absolute Gasteiger partial charge is 0.472 e. The lowest BCUT2D eigenvalue weighted by Gasteiger charge is -2.44. The van der Waals surface area contributed by atoms with E-state index in [9.17, 15) is 63.1 Å². The van der Waals surface area contributed by atoms with Crippen molar-refractivity contribution in [1.82, 2.24) is 0 Å². The van der Waals surface area contributed by atoms with Gasteiger partial charge in [0, 0.05) is 12.8 Å². The Kier molecular flexibility index (Phi) is 36.9. The molecule has 19 nitrogen and oxygen atoms in total. The van der Waals surface area contributed by atoms with Crippen molar-refractivity contribution in [2.45, 2.75) is 236 Å². The maximum atomic E-state index is 13.1. The highest BCUT2D eigenvalue weighted by atomic mass is 31.2. The standard InChI is InChI=1S/C47H87O19P3/c1-3-5-7-9-11-13-15-17-18-19-20-21-22-24-26-28-30-32-34-36-41(49)63-39(37-61-40(48)35-33-31-29-27-25-23-16-14-12-10-8-6-4-2)38-62-69(59,60)66-45-42(50)43(51)46(64-67(53,54)55)47(44(45)52)65-68(56,57)58/h11,13,17-18,20-21,39,42-47,50-52H,3-10,12,14-16,19,22-38H2,1-2H3,(H,59,60)(H2,53,54,55)(H2,56,57,58)/t39-,42?,43?,44?,45+,46?,47+/m1/s1. The van der Waals surface area contributed by atoms with Crippen LogP contribution in [-0.2, 0) is 50.9 Å². The summed E-state index contributed by atoms with van der Waals surface area (Å²) in [4.78, 5) is 73.3. The molecule has 8 N–H and O–H groups in total. The smallest absolute Gasteiger partial charge is 0.462 e. The molecular formula is C47H87O19P3. The molecule has 0 saturated heterocycles. The average molecular weight is 1050 g/mol. The Morgan fingerprint density at radius 1 is 0.464 bits per heavy atom. The predicted octanol–water partition coefficient (Wildman–Crippen LogP) is 9.63. The van der Waals surface area contributed by atoms with Crippen molar-refractivity contribution >= 4 is 35.4 Å². The number of aliphatic hydroxyl groups is 3. The van der Waals surface area contributed by atoms with Crippen molar-refractivity contribution in [3.8, 4) is 0 Å². The number of phosphoric ester groups is 3. The monoisotopic (exact) mass is 1050 g/mol. The van der Waals surface area contributed by atoms with Gasteiger partial charge in [-0.1, -0.05) is 166 Å². The Labute approximate surface area is 410 Å². The van der Waals surface area contributed by atoms with Crippen molar-refractivity contribution in [3.63, 3.8) is 0 Å². The summed E-state index contributed by atoms with van der Waals surface area (Å²) in [5, 5.41) is 31.9. The Bertz CT molecular complexity index is 1580. The summed E-state index contributed by atoms with van der Waals surface area (Å²) >= 11 is 0. The first-order chi connectivity index (χ1) is 32.8. The number of ether oxygens (including phenoxy) is 2. The summed E-state index contributed by atoms with van der Waals surface area (Å²) < 4.78 is 65.6. The van der Waals surface area contributed by atoms with Crippen molar-refractivity contribution in [2.75, 3.05) is 13.2 Å². The minimum atomic E-state index is -5.60. The molecule has 0 aromatic heterocycles. The van der Waals surface area contributed by atoms with Gasteiger partial charge in [-0.15, -0.1) is 0 Å². The van der Waals surface area contributed by atoms with Crippen LogP contribution in [0.1, 0.15) is 194 Å². The number of rotatable bonds is 43. The highest BCUT2D eigenvalue weighted by molar-refractivity contribution is 7.47. The molecule has 0 bridgehead atoms. The number of carbonyl (C=O) groups excluding carboxylic acids is 2. The van der Waals surface area contributed by atoms with E-state index in [1.807, 2.05) is 0 Å². The molecule has 0 heterocycles. The maximum absolute atomic E-state index is 13.1. The Hall–Kier alpha value is -1.63. The number of esters is 2. The molecule has 1 fully saturated rings. The normalized spacial score (nSPS) is 21.6. The second-order valence-electron chi connectivity index (χ2n) is 17.8. The highest BCUT2D eigenvalue weighted by Crippen LogP contribution is 2.51. The van der Waals surface area contributed by atoms with Crippen molar-refractivity contribution in [3.05, 3.63) is 36.5 Å². The van der Waals surface area contributed by atoms with Gasteiger partial charge in [0.25, 0.3) is 0 Å². The van der Waals surface area contributed by atoms with Crippen LogP contribution >= 0.6 is 23.5 Å². The second kappa shape index (κ2) is 38.9. The molecule has 22 heteroatoms. The van der Waals surface area contributed by atoms with Crippen LogP contribution in [0.15, 0.2) is 36.5 Å². The number of carbonyl (C=O) groups is 2. The van der Waals surface area contributed by atoms with Gasteiger partial charge in [-0.2, -0.15) is 0 Å². The van der Waals surface area contributed by atoms with E-state index in [1.165, 1.54) is 70.6 Å². The molecule has 1 aliphatic carbocycles. The molecule has 69 heavy (non-hydrogen) atoms. The van der Waals surface area contributed by atoms with Crippen LogP contribution in [0.25, 0.3) is 0 Å². The Morgan fingerprint density at radius 3 is 1.32 bits per heavy atom. The topological polar surface area (TPSA) is 303 Å². The van der Waals surface area contributed by atoms with Gasteiger partial charge in [0.2, 0.25) is 0 Å². The van der Waals surface area contributed by atoms with Crippen LogP contribution < -0.4 is 0 Å². The van der Waals surface area contributed by atoms with E-state index in [0.29, 0.717) is 12.8 Å². The van der Waals surface area contributed by atoms with Crippen molar-refractivity contribution in [1.29, 1.82) is 0 Å². The molecule has 0 aromatic carbocycles. The zero-order valence-electron chi connectivity index (χ0n) is 41.1. The Morgan fingerprint density at radius 2 is 0.841 bits per heavy atom. The fourth-order valence-corrected chi connectivity index (χ4v) is 9.75. The number of phosphoric acid groups is 3. The molecule has 0 aliphatic heterocycles. The van der Waals surface area contributed by atoms with Crippen LogP contribution in [0, 0.1) is 0 Å². The summed E-state index contributed by atoms with van der Waals surface area (Å²) in [5.74, 6) is -1.31. The molecule has 8 atom stereocenters. The van der Waals surface area contributed by atoms with Crippen LogP contribution in [0.4, 0.5) is 0 Å². The lowest BCUT2D eigenvalue weighted by molar-refractivity contribution is -0.213. The van der Waals surface area contributed by atoms with Gasteiger partial charge in [0.05, 0.1) is 6.61 Å². The van der Waals surface area contributed by atoms with Gasteiger partial charge >= 0.3 is 35.4 Å². The summed E-state index contributed by atoms with van der Waals surface area (Å²) in [6.07, 6.45) is 24.3. The fraction of sp³-hybridized carbons (Fsp3) is 0.830. The first-order valence-electron chi connectivity index (χ1n) is 25.3. The van der Waals surface area contributed by atoms with E-state index in [-0.39, 0.29) is 12.8 Å². The molecule has 1 rings (SSSR count). The van der Waals surface area contributed by atoms with E-state index >= 15 is 0 Å². The van der Waals surface area contributed by atoms with Crippen LogP contribution in [0.2, 0.25) is 0 Å². The minimum Gasteiger partial charge on any atom is -0.462 e. The predicted molar refractivity (Wildman–Crippen MR) is 261 cm³/mol. The van der Waals surface area contributed by atoms with Gasteiger partial charge in [0.15, 0.2) is 6.10 Å². The third-order valence-corrected chi connectivity index (χ3v) is 13.5. The Balaban J connectivity index is 2.70. The zero-order valence-corrected chi connectivity index (χ0v) is 43.8. The van der Waals surface area contributed by atoms with Crippen LogP contribution in [0.5, 0.6) is 0 Å². The summed E-state index contributed by atoms with van der Waals surface area (Å²) in [6.45, 7) is 2.92. The summed E-state index contributed by atoms with van der Waals surface area (Å²) in [7, 11) is -16.6. The van der Waals surface area contributed by atoms with Gasteiger partial charge in [-0.25, -0.2) is 13.7 Å². The van der Waals surface area contributed by atoms with Gasteiger partial charge < -0.3 is 49.3 Å². The molecule has 0 amide bonds. The number of hydrogen-bond donors (Lipinski definition) is 8. The number of aliphatic hydroxyl groups excluding tert-OH is 3. The lowest BCUT2D eigenvalue weighted by Crippen LogP contribution is -2.65. The van der Waals surface area contributed by atoms with E-state index in [2.05, 4.69) is 59.4 Å². The maximum Gasteiger partial charge on any atom is 0.472 e. The van der Waals surface area contributed by atoms with Crippen molar-refractivity contribution < 1.29 is 90.6 Å². The van der Waals surface area contributed by atoms with Crippen LogP contribution in [0.3, 0.4) is 0 Å². The number of hydrogen-bond acceptors (Lipinski definition) is 14. The fourth-order valence-electron chi connectivity index (χ4n) is 7.65. The molecule has 0 radical (unpaired) electrons. The zero-order chi connectivity index (χ0) is 51.4. The highest BCUT2D eigenvalue weighted by Gasteiger charge is 2.56. The average Bonchev–Trinajstić information content (AvgIpc) is 3.28. The second-order valence-corrected chi connectivity index (χ2v) is 21.5.